The predicted molar refractivity (Wildman–Crippen MR) is 74.3 cm³/mol. The van der Waals surface area contributed by atoms with E-state index in [4.69, 9.17) is 5.26 Å². The molecular formula is C13H17N3O3S. The first-order valence-corrected chi connectivity index (χ1v) is 7.51. The van der Waals surface area contributed by atoms with Crippen LogP contribution in [0.4, 0.5) is 0 Å². The molecule has 0 radical (unpaired) electrons. The molecule has 7 heteroatoms. The van der Waals surface area contributed by atoms with Crippen molar-refractivity contribution >= 4 is 15.9 Å². The van der Waals surface area contributed by atoms with Gasteiger partial charge in [0.15, 0.2) is 0 Å². The topological polar surface area (TPSA) is 90.3 Å². The van der Waals surface area contributed by atoms with Crippen LogP contribution in [0.25, 0.3) is 0 Å². The van der Waals surface area contributed by atoms with Gasteiger partial charge in [-0.2, -0.15) is 5.26 Å². The van der Waals surface area contributed by atoms with Crippen LogP contribution in [0.5, 0.6) is 0 Å². The predicted octanol–water partition coefficient (Wildman–Crippen LogP) is 0.509. The highest BCUT2D eigenvalue weighted by atomic mass is 32.2. The maximum Gasteiger partial charge on any atom is 0.240 e. The standard InChI is InChI=1S/C13H17N3O3S/c1-16(2)13(17)8-10-15-20(18,19)12-5-3-11(4-6-12)7-9-14/h3-6,15H,7-8,10H2,1-2H3. The van der Waals surface area contributed by atoms with Gasteiger partial charge in [0.1, 0.15) is 0 Å². The molecule has 0 saturated heterocycles. The molecule has 0 aliphatic carbocycles. The summed E-state index contributed by atoms with van der Waals surface area (Å²) in [7, 11) is -0.385. The second-order valence-electron chi connectivity index (χ2n) is 4.41. The zero-order valence-corrected chi connectivity index (χ0v) is 12.3. The number of hydrogen-bond donors (Lipinski definition) is 1. The molecule has 0 saturated carbocycles. The summed E-state index contributed by atoms with van der Waals surface area (Å²) in [6.07, 6.45) is 0.351. The summed E-state index contributed by atoms with van der Waals surface area (Å²) in [6.45, 7) is 0.0549. The SMILES string of the molecule is CN(C)C(=O)CCNS(=O)(=O)c1ccc(CC#N)cc1. The molecule has 0 spiro atoms. The number of sulfonamides is 1. The van der Waals surface area contributed by atoms with Gasteiger partial charge in [0.2, 0.25) is 15.9 Å². The van der Waals surface area contributed by atoms with Crippen LogP contribution in [-0.4, -0.2) is 39.9 Å². The van der Waals surface area contributed by atoms with Gasteiger partial charge < -0.3 is 4.90 Å². The molecule has 1 aromatic carbocycles. The molecule has 1 aromatic rings. The van der Waals surface area contributed by atoms with Gasteiger partial charge in [0.05, 0.1) is 17.4 Å². The first-order valence-electron chi connectivity index (χ1n) is 6.02. The van der Waals surface area contributed by atoms with E-state index in [2.05, 4.69) is 4.72 Å². The van der Waals surface area contributed by atoms with E-state index in [0.29, 0.717) is 0 Å². The molecule has 6 nitrogen and oxygen atoms in total. The summed E-state index contributed by atoms with van der Waals surface area (Å²) in [5.41, 5.74) is 0.759. The highest BCUT2D eigenvalue weighted by Gasteiger charge is 2.14. The summed E-state index contributed by atoms with van der Waals surface area (Å²) in [4.78, 5) is 12.9. The van der Waals surface area contributed by atoms with Gasteiger partial charge in [-0.15, -0.1) is 0 Å². The van der Waals surface area contributed by atoms with Crippen LogP contribution in [0.3, 0.4) is 0 Å². The van der Waals surface area contributed by atoms with Crippen molar-refractivity contribution in [3.05, 3.63) is 29.8 Å². The molecule has 108 valence electrons. The quantitative estimate of drug-likeness (QED) is 0.828. The van der Waals surface area contributed by atoms with E-state index < -0.39 is 10.0 Å². The number of carbonyl (C=O) groups is 1. The van der Waals surface area contributed by atoms with E-state index in [1.807, 2.05) is 6.07 Å². The lowest BCUT2D eigenvalue weighted by Crippen LogP contribution is -2.30. The summed E-state index contributed by atoms with van der Waals surface area (Å²) in [6, 6.07) is 8.09. The number of nitriles is 1. The van der Waals surface area contributed by atoms with E-state index in [0.717, 1.165) is 5.56 Å². The molecule has 0 aliphatic rings. The molecule has 1 amide bonds. The molecule has 0 heterocycles. The average molecular weight is 295 g/mol. The molecular weight excluding hydrogens is 278 g/mol. The summed E-state index contributed by atoms with van der Waals surface area (Å²) < 4.78 is 26.3. The van der Waals surface area contributed by atoms with Gasteiger partial charge in [-0.05, 0) is 17.7 Å². The van der Waals surface area contributed by atoms with Crippen LogP contribution in [0, 0.1) is 11.3 Å². The Morgan fingerprint density at radius 3 is 2.40 bits per heavy atom. The van der Waals surface area contributed by atoms with Crippen LogP contribution in [0.2, 0.25) is 0 Å². The third kappa shape index (κ3) is 4.64. The largest absolute Gasteiger partial charge is 0.349 e. The first kappa shape index (κ1) is 16.1. The second-order valence-corrected chi connectivity index (χ2v) is 6.18. The highest BCUT2D eigenvalue weighted by molar-refractivity contribution is 7.89. The number of benzene rings is 1. The van der Waals surface area contributed by atoms with Crippen molar-refractivity contribution in [2.24, 2.45) is 0 Å². The lowest BCUT2D eigenvalue weighted by Gasteiger charge is -2.11. The van der Waals surface area contributed by atoms with Crippen LogP contribution in [0.15, 0.2) is 29.2 Å². The van der Waals surface area contributed by atoms with E-state index in [1.54, 1.807) is 26.2 Å². The smallest absolute Gasteiger partial charge is 0.240 e. The minimum absolute atomic E-state index is 0.0549. The Morgan fingerprint density at radius 2 is 1.90 bits per heavy atom. The maximum absolute atomic E-state index is 12.0. The highest BCUT2D eigenvalue weighted by Crippen LogP contribution is 2.10. The Labute approximate surface area is 119 Å². The van der Waals surface area contributed by atoms with Crippen LogP contribution in [-0.2, 0) is 21.2 Å². The summed E-state index contributed by atoms with van der Waals surface area (Å²) in [5.74, 6) is -0.142. The van der Waals surface area contributed by atoms with Gasteiger partial charge in [0.25, 0.3) is 0 Å². The van der Waals surface area contributed by atoms with Gasteiger partial charge in [0, 0.05) is 27.1 Å². The van der Waals surface area contributed by atoms with Crippen molar-refractivity contribution in [3.8, 4) is 6.07 Å². The molecule has 0 unspecified atom stereocenters. The van der Waals surface area contributed by atoms with Crippen molar-refractivity contribution in [1.29, 1.82) is 5.26 Å². The average Bonchev–Trinajstić information content (AvgIpc) is 2.39. The Hall–Kier alpha value is -1.91. The van der Waals surface area contributed by atoms with Crippen molar-refractivity contribution in [1.82, 2.24) is 9.62 Å². The number of hydrogen-bond acceptors (Lipinski definition) is 4. The molecule has 0 aliphatic heterocycles. The van der Waals surface area contributed by atoms with Crippen LogP contribution in [0.1, 0.15) is 12.0 Å². The van der Waals surface area contributed by atoms with Crippen molar-refractivity contribution in [2.45, 2.75) is 17.7 Å². The van der Waals surface area contributed by atoms with Crippen molar-refractivity contribution in [3.63, 3.8) is 0 Å². The lowest BCUT2D eigenvalue weighted by molar-refractivity contribution is -0.128. The van der Waals surface area contributed by atoms with Crippen molar-refractivity contribution < 1.29 is 13.2 Å². The summed E-state index contributed by atoms with van der Waals surface area (Å²) in [5, 5.41) is 8.55. The zero-order valence-electron chi connectivity index (χ0n) is 11.5. The number of nitrogens with zero attached hydrogens (tertiary/aromatic N) is 2. The van der Waals surface area contributed by atoms with E-state index in [9.17, 15) is 13.2 Å². The maximum atomic E-state index is 12.0. The van der Waals surface area contributed by atoms with Crippen molar-refractivity contribution in [2.75, 3.05) is 20.6 Å². The number of nitrogens with one attached hydrogen (secondary N) is 1. The number of rotatable bonds is 6. The number of carbonyl (C=O) groups excluding carboxylic acids is 1. The zero-order chi connectivity index (χ0) is 15.2. The fourth-order valence-electron chi connectivity index (χ4n) is 1.48. The minimum Gasteiger partial charge on any atom is -0.349 e. The molecule has 0 fully saturated rings. The fourth-order valence-corrected chi connectivity index (χ4v) is 2.51. The first-order chi connectivity index (χ1) is 9.36. The second kappa shape index (κ2) is 7.03. The van der Waals surface area contributed by atoms with E-state index in [-0.39, 0.29) is 30.2 Å². The Balaban J connectivity index is 2.65. The summed E-state index contributed by atoms with van der Waals surface area (Å²) >= 11 is 0. The molecule has 1 rings (SSSR count). The number of amides is 1. The molecule has 0 aromatic heterocycles. The van der Waals surface area contributed by atoms with E-state index >= 15 is 0 Å². The Bertz CT molecular complexity index is 601. The van der Waals surface area contributed by atoms with Gasteiger partial charge in [-0.25, -0.2) is 13.1 Å². The monoisotopic (exact) mass is 295 g/mol. The van der Waals surface area contributed by atoms with Gasteiger partial charge >= 0.3 is 0 Å². The van der Waals surface area contributed by atoms with Crippen LogP contribution >= 0.6 is 0 Å². The third-order valence-corrected chi connectivity index (χ3v) is 4.12. The Morgan fingerprint density at radius 1 is 1.30 bits per heavy atom. The molecule has 20 heavy (non-hydrogen) atoms. The molecule has 1 N–H and O–H groups in total. The van der Waals surface area contributed by atoms with Crippen LogP contribution < -0.4 is 4.72 Å². The van der Waals surface area contributed by atoms with Gasteiger partial charge in [-0.3, -0.25) is 4.79 Å². The lowest BCUT2D eigenvalue weighted by atomic mass is 10.2. The normalized spacial score (nSPS) is 10.8. The minimum atomic E-state index is -3.62. The fraction of sp³-hybridized carbons (Fsp3) is 0.385. The molecule has 0 bridgehead atoms. The third-order valence-electron chi connectivity index (χ3n) is 2.65. The Kier molecular flexibility index (Phi) is 5.67. The molecule has 0 atom stereocenters. The van der Waals surface area contributed by atoms with Gasteiger partial charge in [-0.1, -0.05) is 12.1 Å². The van der Waals surface area contributed by atoms with E-state index in [1.165, 1.54) is 17.0 Å².